The molecule has 2 aromatic heterocycles. The van der Waals surface area contributed by atoms with Crippen molar-refractivity contribution in [2.45, 2.75) is 0 Å². The second-order valence-electron chi connectivity index (χ2n) is 6.80. The predicted octanol–water partition coefficient (Wildman–Crippen LogP) is 4.20. The number of H-pyrrole nitrogens is 1. The number of carbonyl (C=O) groups is 2. The van der Waals surface area contributed by atoms with Crippen LogP contribution < -0.4 is 10.3 Å². The highest BCUT2D eigenvalue weighted by Gasteiger charge is 2.04. The number of pyridine rings is 2. The van der Waals surface area contributed by atoms with Gasteiger partial charge in [-0.15, -0.1) is 0 Å². The fourth-order valence-corrected chi connectivity index (χ4v) is 2.87. The normalized spacial score (nSPS) is 9.97. The molecular weight excluding hydrogens is 424 g/mol. The lowest BCUT2D eigenvalue weighted by molar-refractivity contribution is 0.0686. The second-order valence-corrected chi connectivity index (χ2v) is 6.80. The zero-order valence-corrected chi connectivity index (χ0v) is 17.6. The first-order valence-electron chi connectivity index (χ1n) is 9.73. The van der Waals surface area contributed by atoms with Gasteiger partial charge in [0.25, 0.3) is 0 Å². The highest BCUT2D eigenvalue weighted by molar-refractivity contribution is 5.88. The van der Waals surface area contributed by atoms with E-state index < -0.39 is 11.9 Å². The highest BCUT2D eigenvalue weighted by atomic mass is 16.5. The van der Waals surface area contributed by atoms with Gasteiger partial charge in [-0.3, -0.25) is 4.79 Å². The van der Waals surface area contributed by atoms with E-state index >= 15 is 0 Å². The molecule has 3 N–H and O–H groups in total. The Bertz CT molecular complexity index is 1270. The molecule has 8 nitrogen and oxygen atoms in total. The third-order valence-corrected chi connectivity index (χ3v) is 4.66. The van der Waals surface area contributed by atoms with E-state index in [1.54, 1.807) is 68.0 Å². The quantitative estimate of drug-likeness (QED) is 0.421. The van der Waals surface area contributed by atoms with Gasteiger partial charge >= 0.3 is 11.9 Å². The van der Waals surface area contributed by atoms with Crippen molar-refractivity contribution in [1.82, 2.24) is 9.97 Å². The molecule has 4 aromatic rings. The monoisotopic (exact) mass is 444 g/mol. The van der Waals surface area contributed by atoms with E-state index in [4.69, 9.17) is 14.9 Å². The van der Waals surface area contributed by atoms with Crippen molar-refractivity contribution in [3.05, 3.63) is 107 Å². The van der Waals surface area contributed by atoms with E-state index in [9.17, 15) is 14.4 Å². The molecule has 8 heteroatoms. The average Bonchev–Trinajstić information content (AvgIpc) is 2.85. The minimum absolute atomic E-state index is 0.161. The number of aromatic nitrogens is 2. The third kappa shape index (κ3) is 6.14. The lowest BCUT2D eigenvalue weighted by Crippen LogP contribution is -2.01. The van der Waals surface area contributed by atoms with E-state index in [2.05, 4.69) is 9.97 Å². The molecule has 166 valence electrons. The molecule has 0 saturated carbocycles. The van der Waals surface area contributed by atoms with E-state index in [1.807, 2.05) is 6.07 Å². The number of hydrogen-bond acceptors (Lipinski definition) is 5. The summed E-state index contributed by atoms with van der Waals surface area (Å²) >= 11 is 0. The summed E-state index contributed by atoms with van der Waals surface area (Å²) in [6.45, 7) is 0. The predicted molar refractivity (Wildman–Crippen MR) is 123 cm³/mol. The topological polar surface area (TPSA) is 130 Å². The van der Waals surface area contributed by atoms with E-state index in [0.29, 0.717) is 5.88 Å². The molecule has 0 aliphatic carbocycles. The van der Waals surface area contributed by atoms with Gasteiger partial charge in [0.1, 0.15) is 0 Å². The zero-order chi connectivity index (χ0) is 23.8. The maximum absolute atomic E-state index is 10.9. The van der Waals surface area contributed by atoms with E-state index in [-0.39, 0.29) is 16.7 Å². The molecule has 0 aliphatic heterocycles. The summed E-state index contributed by atoms with van der Waals surface area (Å²) in [5.41, 5.74) is 3.90. The fraction of sp³-hybridized carbons (Fsp3) is 0.0400. The molecule has 0 radical (unpaired) electrons. The number of nitrogens with one attached hydrogen (secondary N) is 1. The molecule has 2 heterocycles. The van der Waals surface area contributed by atoms with Crippen molar-refractivity contribution in [1.29, 1.82) is 0 Å². The molecule has 0 bridgehead atoms. The Balaban J connectivity index is 0.000000186. The summed E-state index contributed by atoms with van der Waals surface area (Å²) in [6, 6.07) is 19.9. The van der Waals surface area contributed by atoms with Crippen LogP contribution in [0.2, 0.25) is 0 Å². The summed E-state index contributed by atoms with van der Waals surface area (Å²) in [6.07, 6.45) is 3.28. The first-order chi connectivity index (χ1) is 15.9. The standard InChI is InChI=1S/C13H11NO3.C12H9NO3/c1-17-12-7-6-11(8-14-12)9-2-4-10(5-3-9)13(15)16;14-11-6-5-10(7-13-11)8-1-3-9(4-2-8)12(15)16/h2-8H,1H3,(H,15,16);1-7H,(H,13,14)(H,15,16). The van der Waals surface area contributed by atoms with Crippen LogP contribution in [0.25, 0.3) is 22.3 Å². The molecule has 0 amide bonds. The number of hydrogen-bond donors (Lipinski definition) is 3. The van der Waals surface area contributed by atoms with Crippen molar-refractivity contribution < 1.29 is 24.5 Å². The highest BCUT2D eigenvalue weighted by Crippen LogP contribution is 2.21. The van der Waals surface area contributed by atoms with Crippen LogP contribution >= 0.6 is 0 Å². The molecule has 2 aromatic carbocycles. The summed E-state index contributed by atoms with van der Waals surface area (Å²) in [5.74, 6) is -1.33. The van der Waals surface area contributed by atoms with Crippen molar-refractivity contribution in [2.24, 2.45) is 0 Å². The lowest BCUT2D eigenvalue weighted by Gasteiger charge is -2.03. The summed E-state index contributed by atoms with van der Waals surface area (Å²) in [4.78, 5) is 38.9. The molecule has 0 unspecified atom stereocenters. The molecule has 0 atom stereocenters. The summed E-state index contributed by atoms with van der Waals surface area (Å²) in [7, 11) is 1.56. The van der Waals surface area contributed by atoms with Crippen LogP contribution in [0.3, 0.4) is 0 Å². The van der Waals surface area contributed by atoms with Gasteiger partial charge in [0, 0.05) is 30.1 Å². The van der Waals surface area contributed by atoms with Crippen LogP contribution in [0, 0.1) is 0 Å². The SMILES string of the molecule is COc1ccc(-c2ccc(C(=O)O)cc2)cn1.O=C(O)c1ccc(-c2ccc(=O)[nH]c2)cc1. The number of rotatable bonds is 5. The van der Waals surface area contributed by atoms with E-state index in [0.717, 1.165) is 22.3 Å². The Hall–Kier alpha value is -4.72. The number of methoxy groups -OCH3 is 1. The van der Waals surface area contributed by atoms with Gasteiger partial charge in [-0.1, -0.05) is 24.3 Å². The van der Waals surface area contributed by atoms with Crippen molar-refractivity contribution in [3.63, 3.8) is 0 Å². The lowest BCUT2D eigenvalue weighted by atomic mass is 10.1. The summed E-state index contributed by atoms with van der Waals surface area (Å²) in [5, 5.41) is 17.5. The molecule has 0 fully saturated rings. The molecular formula is C25H20N2O6. The maximum atomic E-state index is 10.9. The van der Waals surface area contributed by atoms with Crippen molar-refractivity contribution in [3.8, 4) is 28.1 Å². The van der Waals surface area contributed by atoms with Gasteiger partial charge in [0.15, 0.2) is 0 Å². The molecule has 0 saturated heterocycles. The largest absolute Gasteiger partial charge is 0.481 e. The Kier molecular flexibility index (Phi) is 7.33. The smallest absolute Gasteiger partial charge is 0.335 e. The van der Waals surface area contributed by atoms with Gasteiger partial charge in [-0.05, 0) is 53.1 Å². The van der Waals surface area contributed by atoms with Crippen molar-refractivity contribution >= 4 is 11.9 Å². The van der Waals surface area contributed by atoms with Gasteiger partial charge in [0.2, 0.25) is 11.4 Å². The van der Waals surface area contributed by atoms with E-state index in [1.165, 1.54) is 18.2 Å². The van der Waals surface area contributed by atoms with Gasteiger partial charge in [0.05, 0.1) is 18.2 Å². The van der Waals surface area contributed by atoms with Crippen LogP contribution in [-0.4, -0.2) is 39.2 Å². The van der Waals surface area contributed by atoms with Crippen LogP contribution in [0.15, 0.2) is 90.0 Å². The number of ether oxygens (including phenoxy) is 1. The molecule has 4 rings (SSSR count). The number of benzene rings is 2. The number of aromatic amines is 1. The Morgan fingerprint density at radius 1 is 0.727 bits per heavy atom. The van der Waals surface area contributed by atoms with Gasteiger partial charge < -0.3 is 19.9 Å². The second kappa shape index (κ2) is 10.5. The number of carboxylic acid groups (broad SMARTS) is 2. The molecule has 33 heavy (non-hydrogen) atoms. The minimum Gasteiger partial charge on any atom is -0.481 e. The van der Waals surface area contributed by atoms with Crippen molar-refractivity contribution in [2.75, 3.05) is 7.11 Å². The number of carboxylic acids is 2. The maximum Gasteiger partial charge on any atom is 0.335 e. The fourth-order valence-electron chi connectivity index (χ4n) is 2.87. The molecule has 0 spiro atoms. The van der Waals surface area contributed by atoms with Crippen LogP contribution in [0.1, 0.15) is 20.7 Å². The van der Waals surface area contributed by atoms with Crippen LogP contribution in [-0.2, 0) is 0 Å². The minimum atomic E-state index is -0.951. The first-order valence-corrected chi connectivity index (χ1v) is 9.73. The Morgan fingerprint density at radius 3 is 1.61 bits per heavy atom. The van der Waals surface area contributed by atoms with Gasteiger partial charge in [-0.2, -0.15) is 0 Å². The summed E-state index contributed by atoms with van der Waals surface area (Å²) < 4.78 is 4.97. The Labute approximate surface area is 188 Å². The number of nitrogens with zero attached hydrogens (tertiary/aromatic N) is 1. The molecule has 0 aliphatic rings. The zero-order valence-electron chi connectivity index (χ0n) is 17.6. The number of aromatic carboxylic acids is 2. The van der Waals surface area contributed by atoms with Crippen LogP contribution in [0.5, 0.6) is 5.88 Å². The Morgan fingerprint density at radius 2 is 1.21 bits per heavy atom. The van der Waals surface area contributed by atoms with Gasteiger partial charge in [-0.25, -0.2) is 14.6 Å². The first kappa shape index (κ1) is 23.0. The van der Waals surface area contributed by atoms with Crippen LogP contribution in [0.4, 0.5) is 0 Å². The third-order valence-electron chi connectivity index (χ3n) is 4.66. The average molecular weight is 444 g/mol.